The van der Waals surface area contributed by atoms with Crippen molar-refractivity contribution in [1.82, 2.24) is 0 Å². The van der Waals surface area contributed by atoms with Crippen molar-refractivity contribution >= 4 is 5.71 Å². The molecule has 0 fully saturated rings. The van der Waals surface area contributed by atoms with E-state index in [1.165, 1.54) is 111 Å². The van der Waals surface area contributed by atoms with Crippen molar-refractivity contribution in [2.45, 2.75) is 68.7 Å². The number of rotatable bonds is 10. The van der Waals surface area contributed by atoms with E-state index in [2.05, 4.69) is 261 Å². The zero-order valence-corrected chi connectivity index (χ0v) is 42.4. The minimum Gasteiger partial charge on any atom is -0.288 e. The lowest BCUT2D eigenvalue weighted by Gasteiger charge is -2.23. The normalized spacial score (nSPS) is 11.1. The summed E-state index contributed by atoms with van der Waals surface area (Å²) in [7, 11) is 1.89. The summed E-state index contributed by atoms with van der Waals surface area (Å²) >= 11 is 0. The lowest BCUT2D eigenvalue weighted by molar-refractivity contribution is 1.19. The molecule has 0 saturated carbocycles. The molecule has 0 aliphatic rings. The van der Waals surface area contributed by atoms with E-state index in [-0.39, 0.29) is 0 Å². The molecule has 1 heteroatoms. The van der Waals surface area contributed by atoms with Gasteiger partial charge >= 0.3 is 0 Å². The highest BCUT2D eigenvalue weighted by Gasteiger charge is 2.21. The van der Waals surface area contributed by atoms with Crippen LogP contribution in [0, 0.1) is 41.5 Å². The number of hydrogen-bond donors (Lipinski definition) is 0. The van der Waals surface area contributed by atoms with Crippen LogP contribution in [0.3, 0.4) is 0 Å². The summed E-state index contributed by atoms with van der Waals surface area (Å²) in [5.41, 5.74) is 27.6. The van der Waals surface area contributed by atoms with Crippen molar-refractivity contribution in [3.05, 3.63) is 262 Å². The van der Waals surface area contributed by atoms with Crippen LogP contribution in [0.25, 0.3) is 66.8 Å². The Bertz CT molecular complexity index is 3200. The second-order valence-electron chi connectivity index (χ2n) is 17.6. The number of aryl methyl sites for hydroxylation is 6. The predicted molar refractivity (Wildman–Crippen MR) is 302 cm³/mol. The maximum absolute atomic E-state index is 4.78. The van der Waals surface area contributed by atoms with Crippen LogP contribution in [0.15, 0.2) is 217 Å². The zero-order chi connectivity index (χ0) is 48.9. The fourth-order valence-electron chi connectivity index (χ4n) is 9.55. The van der Waals surface area contributed by atoms with E-state index in [1.807, 2.05) is 20.9 Å². The Morgan fingerprint density at radius 3 is 1.13 bits per heavy atom. The first-order valence-corrected chi connectivity index (χ1v) is 24.5. The molecule has 0 unspecified atom stereocenters. The van der Waals surface area contributed by atoms with Crippen molar-refractivity contribution in [2.75, 3.05) is 7.05 Å². The third-order valence-electron chi connectivity index (χ3n) is 13.1. The van der Waals surface area contributed by atoms with E-state index in [9.17, 15) is 0 Å². The molecule has 69 heavy (non-hydrogen) atoms. The summed E-state index contributed by atoms with van der Waals surface area (Å²) in [4.78, 5) is 4.78. The summed E-state index contributed by atoms with van der Waals surface area (Å²) in [6, 6.07) is 72.7. The molecule has 0 atom stereocenters. The molecule has 9 aromatic carbocycles. The molecular weight excluding hydrogens is 831 g/mol. The Kier molecular flexibility index (Phi) is 16.7. The fourth-order valence-corrected chi connectivity index (χ4v) is 9.55. The number of nitrogens with zero attached hydrogens (tertiary/aromatic N) is 1. The fraction of sp³-hybridized carbons (Fsp3) is 0.162. The SMILES string of the molecule is C/C=C/C(=NC)c1cc(-c2ccccc2C)c(Cc2ccccc2-c2ccccc2C)c(-c2ccccc2-c2ccc(-c3ccccc3C)c(C)c2)c1.CC.Cc1ccccc1-c1ccccc1C. The standard InChI is InChI=1S/C52H47N.C14H14.C2H6/c1-7-18-52(53-6)41-33-49(44-25-14-10-21-37(44)4)51(32-39-22-11-15-26-46(39)43-24-13-9-20-36(43)3)50(34-41)48-28-17-16-27-47(48)40-29-30-45(38(5)31-40)42-23-12-8-19-35(42)2;1-11-7-3-5-9-13(11)14-10-6-4-8-12(14)2;1-2/h7-31,33-34H,32H2,1-6H3;3-10H,1-2H3;1-2H3/b18-7+,53-52?;;. The van der Waals surface area contributed by atoms with Crippen molar-refractivity contribution in [3.63, 3.8) is 0 Å². The Balaban J connectivity index is 0.000000373. The highest BCUT2D eigenvalue weighted by Crippen LogP contribution is 2.43. The van der Waals surface area contributed by atoms with Crippen LogP contribution in [0.4, 0.5) is 0 Å². The smallest absolute Gasteiger partial charge is 0.0640 e. The van der Waals surface area contributed by atoms with Crippen LogP contribution in [-0.4, -0.2) is 12.8 Å². The predicted octanol–water partition coefficient (Wildman–Crippen LogP) is 18.8. The van der Waals surface area contributed by atoms with Gasteiger partial charge in [-0.15, -0.1) is 0 Å². The first kappa shape index (κ1) is 49.3. The molecule has 1 nitrogen and oxygen atoms in total. The van der Waals surface area contributed by atoms with E-state index < -0.39 is 0 Å². The van der Waals surface area contributed by atoms with E-state index in [4.69, 9.17) is 4.99 Å². The molecule has 0 aliphatic heterocycles. The second kappa shape index (κ2) is 23.4. The van der Waals surface area contributed by atoms with Gasteiger partial charge in [0.2, 0.25) is 0 Å². The lowest BCUT2D eigenvalue weighted by atomic mass is 9.81. The van der Waals surface area contributed by atoms with Crippen LogP contribution in [0.5, 0.6) is 0 Å². The summed E-state index contributed by atoms with van der Waals surface area (Å²) in [6.07, 6.45) is 4.97. The van der Waals surface area contributed by atoms with Gasteiger partial charge in [0.1, 0.15) is 0 Å². The molecule has 9 aromatic rings. The molecule has 0 aliphatic carbocycles. The van der Waals surface area contributed by atoms with Crippen molar-refractivity contribution in [1.29, 1.82) is 0 Å². The lowest BCUT2D eigenvalue weighted by Crippen LogP contribution is -2.05. The van der Waals surface area contributed by atoms with Gasteiger partial charge in [-0.3, -0.25) is 4.99 Å². The largest absolute Gasteiger partial charge is 0.288 e. The second-order valence-corrected chi connectivity index (χ2v) is 17.6. The molecule has 0 N–H and O–H groups in total. The van der Waals surface area contributed by atoms with E-state index in [1.54, 1.807) is 0 Å². The Labute approximate surface area is 413 Å². The van der Waals surface area contributed by atoms with Crippen LogP contribution in [0.1, 0.15) is 70.8 Å². The molecule has 344 valence electrons. The van der Waals surface area contributed by atoms with Crippen LogP contribution in [-0.2, 0) is 6.42 Å². The van der Waals surface area contributed by atoms with Gasteiger partial charge in [0.15, 0.2) is 0 Å². The molecule has 0 spiro atoms. The van der Waals surface area contributed by atoms with Gasteiger partial charge in [-0.2, -0.15) is 0 Å². The summed E-state index contributed by atoms with van der Waals surface area (Å²) in [5, 5.41) is 0. The number of benzene rings is 9. The molecule has 0 saturated heterocycles. The highest BCUT2D eigenvalue weighted by molar-refractivity contribution is 6.10. The van der Waals surface area contributed by atoms with Crippen LogP contribution < -0.4 is 0 Å². The number of aliphatic imine (C=N–C) groups is 1. The minimum absolute atomic E-state index is 0.769. The monoisotopic (exact) mass is 898 g/mol. The molecular formula is C68H67N. The van der Waals surface area contributed by atoms with E-state index >= 15 is 0 Å². The van der Waals surface area contributed by atoms with Crippen molar-refractivity contribution in [2.24, 2.45) is 4.99 Å². The Morgan fingerprint density at radius 1 is 0.362 bits per heavy atom. The number of hydrogen-bond acceptors (Lipinski definition) is 1. The van der Waals surface area contributed by atoms with Gasteiger partial charge in [0.05, 0.1) is 5.71 Å². The molecule has 9 rings (SSSR count). The maximum Gasteiger partial charge on any atom is 0.0640 e. The van der Waals surface area contributed by atoms with Gasteiger partial charge in [0, 0.05) is 12.6 Å². The average Bonchev–Trinajstić information content (AvgIpc) is 3.38. The van der Waals surface area contributed by atoms with E-state index in [0.29, 0.717) is 0 Å². The molecule has 0 heterocycles. The first-order chi connectivity index (χ1) is 33.7. The quantitative estimate of drug-likeness (QED) is 0.121. The summed E-state index contributed by atoms with van der Waals surface area (Å²) < 4.78 is 0. The van der Waals surface area contributed by atoms with Gasteiger partial charge in [-0.05, 0) is 184 Å². The van der Waals surface area contributed by atoms with Crippen LogP contribution >= 0.6 is 0 Å². The summed E-state index contributed by atoms with van der Waals surface area (Å²) in [5.74, 6) is 0. The summed E-state index contributed by atoms with van der Waals surface area (Å²) in [6.45, 7) is 19.2. The molecule has 0 bridgehead atoms. The highest BCUT2D eigenvalue weighted by atomic mass is 14.7. The van der Waals surface area contributed by atoms with Crippen molar-refractivity contribution < 1.29 is 0 Å². The van der Waals surface area contributed by atoms with E-state index in [0.717, 1.165) is 17.7 Å². The zero-order valence-electron chi connectivity index (χ0n) is 42.4. The Morgan fingerprint density at radius 2 is 0.710 bits per heavy atom. The average molecular weight is 898 g/mol. The van der Waals surface area contributed by atoms with Gasteiger partial charge in [0.25, 0.3) is 0 Å². The van der Waals surface area contributed by atoms with Crippen molar-refractivity contribution in [3.8, 4) is 66.8 Å². The number of allylic oxidation sites excluding steroid dienone is 2. The van der Waals surface area contributed by atoms with Gasteiger partial charge in [-0.1, -0.05) is 208 Å². The Hall–Kier alpha value is -7.61. The van der Waals surface area contributed by atoms with Gasteiger partial charge in [-0.25, -0.2) is 0 Å². The van der Waals surface area contributed by atoms with Gasteiger partial charge < -0.3 is 0 Å². The molecule has 0 amide bonds. The third kappa shape index (κ3) is 11.2. The van der Waals surface area contributed by atoms with Crippen LogP contribution in [0.2, 0.25) is 0 Å². The maximum atomic E-state index is 4.78. The molecule has 0 aromatic heterocycles. The third-order valence-corrected chi connectivity index (χ3v) is 13.1. The molecule has 0 radical (unpaired) electrons. The topological polar surface area (TPSA) is 12.4 Å². The minimum atomic E-state index is 0.769. The first-order valence-electron chi connectivity index (χ1n) is 24.5.